The summed E-state index contributed by atoms with van der Waals surface area (Å²) in [5.41, 5.74) is -0.678. The minimum absolute atomic E-state index is 0.496. The zero-order valence-electron chi connectivity index (χ0n) is 10.4. The van der Waals surface area contributed by atoms with Crippen LogP contribution >= 0.6 is 0 Å². The van der Waals surface area contributed by atoms with Crippen LogP contribution in [0.1, 0.15) is 11.1 Å². The van der Waals surface area contributed by atoms with Crippen LogP contribution in [0, 0.1) is 0 Å². The second-order valence-electron chi connectivity index (χ2n) is 4.00. The maximum atomic E-state index is 12.2. The number of ether oxygens (including phenoxy) is 1. The molecular formula is C15H14O4. The van der Waals surface area contributed by atoms with Crippen molar-refractivity contribution in [2.24, 2.45) is 0 Å². The molecule has 0 aromatic heterocycles. The maximum Gasteiger partial charge on any atom is 0.351 e. The van der Waals surface area contributed by atoms with Gasteiger partial charge in [-0.2, -0.15) is 0 Å². The van der Waals surface area contributed by atoms with E-state index in [0.29, 0.717) is 11.1 Å². The van der Waals surface area contributed by atoms with Crippen LogP contribution in [-0.2, 0) is 20.0 Å². The molecule has 98 valence electrons. The Morgan fingerprint density at radius 3 is 1.68 bits per heavy atom. The van der Waals surface area contributed by atoms with Crippen LogP contribution in [0.15, 0.2) is 60.7 Å². The number of hydrogen-bond acceptors (Lipinski definition) is 4. The highest BCUT2D eigenvalue weighted by Crippen LogP contribution is 2.34. The lowest BCUT2D eigenvalue weighted by Gasteiger charge is -2.28. The molecule has 0 radical (unpaired) electrons. The molecule has 4 heteroatoms. The van der Waals surface area contributed by atoms with Crippen molar-refractivity contribution in [3.63, 3.8) is 0 Å². The second-order valence-corrected chi connectivity index (χ2v) is 4.00. The van der Waals surface area contributed by atoms with Crippen LogP contribution in [0.2, 0.25) is 0 Å². The smallest absolute Gasteiger partial charge is 0.351 e. The van der Waals surface area contributed by atoms with E-state index in [0.717, 1.165) is 0 Å². The lowest BCUT2D eigenvalue weighted by Crippen LogP contribution is -2.40. The summed E-state index contributed by atoms with van der Waals surface area (Å²) in [6.45, 7) is 0. The zero-order chi connectivity index (χ0) is 13.7. The summed E-state index contributed by atoms with van der Waals surface area (Å²) in [5, 5.41) is 9.38. The summed E-state index contributed by atoms with van der Waals surface area (Å²) in [4.78, 5) is 16.7. The first-order valence-electron chi connectivity index (χ1n) is 5.77. The molecule has 0 aliphatic carbocycles. The molecule has 0 fully saturated rings. The van der Waals surface area contributed by atoms with Crippen molar-refractivity contribution < 1.29 is 19.7 Å². The number of benzene rings is 2. The lowest BCUT2D eigenvalue weighted by atomic mass is 9.86. The molecule has 4 nitrogen and oxygen atoms in total. The average molecular weight is 258 g/mol. The van der Waals surface area contributed by atoms with E-state index in [1.54, 1.807) is 48.5 Å². The van der Waals surface area contributed by atoms with Gasteiger partial charge in [0, 0.05) is 11.1 Å². The highest BCUT2D eigenvalue weighted by molar-refractivity contribution is 5.85. The Balaban J connectivity index is 2.66. The summed E-state index contributed by atoms with van der Waals surface area (Å²) in [7, 11) is 1.25. The molecule has 0 heterocycles. The number of esters is 1. The van der Waals surface area contributed by atoms with Gasteiger partial charge in [-0.25, -0.2) is 14.9 Å². The van der Waals surface area contributed by atoms with E-state index in [-0.39, 0.29) is 0 Å². The van der Waals surface area contributed by atoms with Crippen molar-refractivity contribution in [3.05, 3.63) is 71.8 Å². The lowest BCUT2D eigenvalue weighted by molar-refractivity contribution is -0.310. The first-order chi connectivity index (χ1) is 9.25. The number of carbonyl (C=O) groups is 1. The first-order valence-corrected chi connectivity index (χ1v) is 5.77. The summed E-state index contributed by atoms with van der Waals surface area (Å²) in [5.74, 6) is -0.688. The van der Waals surface area contributed by atoms with Crippen molar-refractivity contribution in [2.45, 2.75) is 5.60 Å². The largest absolute Gasteiger partial charge is 0.466 e. The Morgan fingerprint density at radius 1 is 0.947 bits per heavy atom. The van der Waals surface area contributed by atoms with Crippen LogP contribution in [0.3, 0.4) is 0 Å². The summed E-state index contributed by atoms with van der Waals surface area (Å²) >= 11 is 0. The molecule has 0 aliphatic rings. The van der Waals surface area contributed by atoms with Gasteiger partial charge in [0.1, 0.15) is 0 Å². The standard InChI is InChI=1S/C15H14O4/c1-18-14(16)15(19-17,12-8-4-2-5-9-12)13-10-6-3-7-11-13/h2-11,17H,1H3. The third-order valence-corrected chi connectivity index (χ3v) is 2.97. The molecule has 19 heavy (non-hydrogen) atoms. The molecule has 0 aliphatic heterocycles. The number of methoxy groups -OCH3 is 1. The van der Waals surface area contributed by atoms with Crippen LogP contribution in [0.5, 0.6) is 0 Å². The van der Waals surface area contributed by atoms with Gasteiger partial charge in [-0.1, -0.05) is 60.7 Å². The Kier molecular flexibility index (Phi) is 3.94. The van der Waals surface area contributed by atoms with Crippen molar-refractivity contribution in [3.8, 4) is 0 Å². The summed E-state index contributed by atoms with van der Waals surface area (Å²) in [6.07, 6.45) is 0. The van der Waals surface area contributed by atoms with E-state index in [4.69, 9.17) is 4.74 Å². The SMILES string of the molecule is COC(=O)C(OO)(c1ccccc1)c1ccccc1. The minimum Gasteiger partial charge on any atom is -0.466 e. The van der Waals surface area contributed by atoms with Gasteiger partial charge in [0.15, 0.2) is 0 Å². The van der Waals surface area contributed by atoms with Gasteiger partial charge in [-0.3, -0.25) is 0 Å². The third kappa shape index (κ3) is 2.23. The Morgan fingerprint density at radius 2 is 1.37 bits per heavy atom. The monoisotopic (exact) mass is 258 g/mol. The van der Waals surface area contributed by atoms with Crippen molar-refractivity contribution in [2.75, 3.05) is 7.11 Å². The molecule has 0 saturated heterocycles. The van der Waals surface area contributed by atoms with Gasteiger partial charge < -0.3 is 4.74 Å². The van der Waals surface area contributed by atoms with E-state index in [9.17, 15) is 10.1 Å². The molecular weight excluding hydrogens is 244 g/mol. The number of hydrogen-bond donors (Lipinski definition) is 1. The fourth-order valence-electron chi connectivity index (χ4n) is 2.03. The molecule has 0 atom stereocenters. The average Bonchev–Trinajstić information content (AvgIpc) is 2.50. The minimum atomic E-state index is -1.67. The molecule has 0 unspecified atom stereocenters. The van der Waals surface area contributed by atoms with Crippen molar-refractivity contribution in [1.82, 2.24) is 0 Å². The van der Waals surface area contributed by atoms with Gasteiger partial charge in [0.05, 0.1) is 7.11 Å². The third-order valence-electron chi connectivity index (χ3n) is 2.97. The molecule has 1 N–H and O–H groups in total. The fraction of sp³-hybridized carbons (Fsp3) is 0.133. The molecule has 0 bridgehead atoms. The number of rotatable bonds is 4. The van der Waals surface area contributed by atoms with E-state index >= 15 is 0 Å². The van der Waals surface area contributed by atoms with Gasteiger partial charge in [0.25, 0.3) is 0 Å². The van der Waals surface area contributed by atoms with Crippen LogP contribution in [-0.4, -0.2) is 18.3 Å². The van der Waals surface area contributed by atoms with Gasteiger partial charge in [-0.15, -0.1) is 0 Å². The summed E-state index contributed by atoms with van der Waals surface area (Å²) in [6, 6.07) is 17.4. The Bertz CT molecular complexity index is 497. The number of carbonyl (C=O) groups excluding carboxylic acids is 1. The highest BCUT2D eigenvalue weighted by atomic mass is 17.1. The van der Waals surface area contributed by atoms with Crippen molar-refractivity contribution >= 4 is 5.97 Å². The van der Waals surface area contributed by atoms with Gasteiger partial charge in [0.2, 0.25) is 5.60 Å². The molecule has 0 spiro atoms. The maximum absolute atomic E-state index is 12.2. The van der Waals surface area contributed by atoms with E-state index < -0.39 is 11.6 Å². The Hall–Kier alpha value is -2.17. The Labute approximate surface area is 111 Å². The molecule has 0 saturated carbocycles. The topological polar surface area (TPSA) is 55.8 Å². The second kappa shape index (κ2) is 5.65. The van der Waals surface area contributed by atoms with Crippen LogP contribution < -0.4 is 0 Å². The van der Waals surface area contributed by atoms with Gasteiger partial charge in [-0.05, 0) is 0 Å². The normalized spacial score (nSPS) is 11.1. The molecule has 2 rings (SSSR count). The fourth-order valence-corrected chi connectivity index (χ4v) is 2.03. The predicted octanol–water partition coefficient (Wildman–Crippen LogP) is 2.59. The van der Waals surface area contributed by atoms with Crippen LogP contribution in [0.4, 0.5) is 0 Å². The highest BCUT2D eigenvalue weighted by Gasteiger charge is 2.45. The molecule has 2 aromatic rings. The van der Waals surface area contributed by atoms with Crippen molar-refractivity contribution in [1.29, 1.82) is 0 Å². The quantitative estimate of drug-likeness (QED) is 0.520. The van der Waals surface area contributed by atoms with E-state index in [2.05, 4.69) is 4.89 Å². The first kappa shape index (κ1) is 13.3. The van der Waals surface area contributed by atoms with Crippen LogP contribution in [0.25, 0.3) is 0 Å². The summed E-state index contributed by atoms with van der Waals surface area (Å²) < 4.78 is 4.79. The van der Waals surface area contributed by atoms with E-state index in [1.807, 2.05) is 12.1 Å². The molecule has 2 aromatic carbocycles. The van der Waals surface area contributed by atoms with E-state index in [1.165, 1.54) is 7.11 Å². The predicted molar refractivity (Wildman–Crippen MR) is 69.4 cm³/mol. The molecule has 0 amide bonds. The van der Waals surface area contributed by atoms with Gasteiger partial charge >= 0.3 is 5.97 Å². The zero-order valence-corrected chi connectivity index (χ0v) is 10.4.